The van der Waals surface area contributed by atoms with Crippen LogP contribution in [-0.4, -0.2) is 29.9 Å². The second-order valence-electron chi connectivity index (χ2n) is 6.82. The predicted molar refractivity (Wildman–Crippen MR) is 105 cm³/mol. The van der Waals surface area contributed by atoms with Crippen LogP contribution in [-0.2, 0) is 17.9 Å². The maximum absolute atomic E-state index is 12.1. The first-order valence-electron chi connectivity index (χ1n) is 8.27. The fourth-order valence-electron chi connectivity index (χ4n) is 2.90. The lowest BCUT2D eigenvalue weighted by molar-refractivity contribution is -0.125. The second kappa shape index (κ2) is 10.9. The minimum Gasteiger partial charge on any atom is -0.352 e. The molecule has 2 rings (SSSR count). The van der Waals surface area contributed by atoms with Gasteiger partial charge in [-0.2, -0.15) is 0 Å². The van der Waals surface area contributed by atoms with E-state index in [1.165, 1.54) is 5.56 Å². The summed E-state index contributed by atoms with van der Waals surface area (Å²) in [7, 11) is 2.13. The van der Waals surface area contributed by atoms with Crippen molar-refractivity contribution in [2.45, 2.75) is 58.3 Å². The Morgan fingerprint density at radius 1 is 1.29 bits per heavy atom. The van der Waals surface area contributed by atoms with Gasteiger partial charge in [0.25, 0.3) is 0 Å². The van der Waals surface area contributed by atoms with Crippen molar-refractivity contribution in [2.24, 2.45) is 11.7 Å². The highest BCUT2D eigenvalue weighted by Gasteiger charge is 2.27. The van der Waals surface area contributed by atoms with E-state index in [0.717, 1.165) is 31.4 Å². The number of carbonyl (C=O) groups is 1. The molecule has 3 N–H and O–H groups in total. The van der Waals surface area contributed by atoms with Crippen molar-refractivity contribution < 1.29 is 4.79 Å². The van der Waals surface area contributed by atoms with E-state index in [1.54, 1.807) is 0 Å². The van der Waals surface area contributed by atoms with E-state index in [2.05, 4.69) is 55.4 Å². The molecule has 0 spiro atoms. The summed E-state index contributed by atoms with van der Waals surface area (Å²) in [5.41, 5.74) is 8.32. The first-order chi connectivity index (χ1) is 10.5. The average Bonchev–Trinajstić information content (AvgIpc) is 2.91. The molecule has 2 atom stereocenters. The second-order valence-corrected chi connectivity index (χ2v) is 6.82. The summed E-state index contributed by atoms with van der Waals surface area (Å²) in [4.78, 5) is 14.4. The van der Waals surface area contributed by atoms with Crippen molar-refractivity contribution in [3.63, 3.8) is 0 Å². The lowest BCUT2D eigenvalue weighted by Crippen LogP contribution is -2.30. The van der Waals surface area contributed by atoms with Gasteiger partial charge in [0.05, 0.1) is 0 Å². The molecule has 138 valence electrons. The van der Waals surface area contributed by atoms with E-state index in [0.29, 0.717) is 12.6 Å². The first kappa shape index (κ1) is 23.2. The molecular weight excluding hydrogens is 345 g/mol. The number of nitrogens with two attached hydrogens (primary N) is 1. The number of hydrogen-bond acceptors (Lipinski definition) is 3. The molecule has 2 unspecified atom stereocenters. The standard InChI is InChI=1S/C18H29N3O.2ClH/c1-13(2)21(3)12-15-6-4-5-14(9-15)11-20-18(22)16-7-8-17(19)10-16;;/h4-6,9,13,16-17H,7-8,10-12,19H2,1-3H3,(H,20,22);2*1H. The van der Waals surface area contributed by atoms with Crippen LogP contribution in [0.1, 0.15) is 44.2 Å². The van der Waals surface area contributed by atoms with Gasteiger partial charge in [-0.15, -0.1) is 24.8 Å². The van der Waals surface area contributed by atoms with Crippen LogP contribution in [0, 0.1) is 5.92 Å². The van der Waals surface area contributed by atoms with Crippen LogP contribution in [0.3, 0.4) is 0 Å². The van der Waals surface area contributed by atoms with Crippen LogP contribution < -0.4 is 11.1 Å². The first-order valence-corrected chi connectivity index (χ1v) is 8.27. The molecule has 0 saturated heterocycles. The van der Waals surface area contributed by atoms with Crippen LogP contribution >= 0.6 is 24.8 Å². The van der Waals surface area contributed by atoms with Crippen LogP contribution in [0.15, 0.2) is 24.3 Å². The minimum absolute atomic E-state index is 0. The fraction of sp³-hybridized carbons (Fsp3) is 0.611. The Kier molecular flexibility index (Phi) is 10.6. The van der Waals surface area contributed by atoms with Gasteiger partial charge in [-0.25, -0.2) is 0 Å². The third kappa shape index (κ3) is 6.98. The molecule has 1 aliphatic carbocycles. The van der Waals surface area contributed by atoms with Gasteiger partial charge in [-0.05, 0) is 51.3 Å². The highest BCUT2D eigenvalue weighted by atomic mass is 35.5. The smallest absolute Gasteiger partial charge is 0.223 e. The van der Waals surface area contributed by atoms with E-state index < -0.39 is 0 Å². The van der Waals surface area contributed by atoms with Gasteiger partial charge in [-0.3, -0.25) is 9.69 Å². The molecule has 0 radical (unpaired) electrons. The summed E-state index contributed by atoms with van der Waals surface area (Å²) in [5, 5.41) is 3.06. The highest BCUT2D eigenvalue weighted by molar-refractivity contribution is 5.85. The number of benzene rings is 1. The van der Waals surface area contributed by atoms with Crippen LogP contribution in [0.25, 0.3) is 0 Å². The third-order valence-electron chi connectivity index (χ3n) is 4.62. The summed E-state index contributed by atoms with van der Waals surface area (Å²) in [6.45, 7) is 5.91. The molecule has 1 saturated carbocycles. The quantitative estimate of drug-likeness (QED) is 0.802. The Morgan fingerprint density at radius 2 is 1.96 bits per heavy atom. The van der Waals surface area contributed by atoms with Crippen molar-refractivity contribution in [3.05, 3.63) is 35.4 Å². The molecule has 1 aromatic rings. The van der Waals surface area contributed by atoms with E-state index in [4.69, 9.17) is 5.73 Å². The van der Waals surface area contributed by atoms with Gasteiger partial charge in [0.1, 0.15) is 0 Å². The molecule has 1 aliphatic rings. The van der Waals surface area contributed by atoms with Crippen molar-refractivity contribution >= 4 is 30.7 Å². The number of nitrogens with one attached hydrogen (secondary N) is 1. The van der Waals surface area contributed by atoms with E-state index in [1.807, 2.05) is 0 Å². The van der Waals surface area contributed by atoms with Gasteiger partial charge in [-0.1, -0.05) is 24.3 Å². The lowest BCUT2D eigenvalue weighted by atomic mass is 10.1. The maximum Gasteiger partial charge on any atom is 0.223 e. The Morgan fingerprint density at radius 3 is 2.54 bits per heavy atom. The van der Waals surface area contributed by atoms with Gasteiger partial charge in [0.2, 0.25) is 5.91 Å². The number of carbonyl (C=O) groups excluding carboxylic acids is 1. The molecule has 1 fully saturated rings. The Hall–Kier alpha value is -0.810. The molecule has 6 heteroatoms. The molecular formula is C18H31Cl2N3O. The van der Waals surface area contributed by atoms with Crippen molar-refractivity contribution in [2.75, 3.05) is 7.05 Å². The lowest BCUT2D eigenvalue weighted by Gasteiger charge is -2.21. The predicted octanol–water partition coefficient (Wildman–Crippen LogP) is 3.11. The minimum atomic E-state index is 0. The SMILES string of the molecule is CC(C)N(C)Cc1cccc(CNC(=O)C2CCC(N)C2)c1.Cl.Cl. The number of hydrogen-bond donors (Lipinski definition) is 2. The van der Waals surface area contributed by atoms with Crippen LogP contribution in [0.5, 0.6) is 0 Å². The normalized spacial score (nSPS) is 19.8. The van der Waals surface area contributed by atoms with Crippen molar-refractivity contribution in [3.8, 4) is 0 Å². The number of amides is 1. The maximum atomic E-state index is 12.1. The number of nitrogens with zero attached hydrogens (tertiary/aromatic N) is 1. The van der Waals surface area contributed by atoms with Crippen LogP contribution in [0.4, 0.5) is 0 Å². The van der Waals surface area contributed by atoms with E-state index in [-0.39, 0.29) is 42.7 Å². The molecule has 1 amide bonds. The highest BCUT2D eigenvalue weighted by Crippen LogP contribution is 2.24. The molecule has 0 aliphatic heterocycles. The van der Waals surface area contributed by atoms with Crippen LogP contribution in [0.2, 0.25) is 0 Å². The summed E-state index contributed by atoms with van der Waals surface area (Å²) in [5.74, 6) is 0.253. The monoisotopic (exact) mass is 375 g/mol. The zero-order valence-electron chi connectivity index (χ0n) is 14.8. The average molecular weight is 376 g/mol. The molecule has 24 heavy (non-hydrogen) atoms. The zero-order valence-corrected chi connectivity index (χ0v) is 16.5. The summed E-state index contributed by atoms with van der Waals surface area (Å²) >= 11 is 0. The van der Waals surface area contributed by atoms with Crippen molar-refractivity contribution in [1.82, 2.24) is 10.2 Å². The van der Waals surface area contributed by atoms with E-state index in [9.17, 15) is 4.79 Å². The number of halogens is 2. The summed E-state index contributed by atoms with van der Waals surface area (Å²) in [6, 6.07) is 9.18. The Labute approximate surface area is 158 Å². The fourth-order valence-corrected chi connectivity index (χ4v) is 2.90. The summed E-state index contributed by atoms with van der Waals surface area (Å²) < 4.78 is 0. The molecule has 0 heterocycles. The molecule has 1 aromatic carbocycles. The Balaban J connectivity index is 0.00000264. The van der Waals surface area contributed by atoms with E-state index >= 15 is 0 Å². The van der Waals surface area contributed by atoms with Crippen molar-refractivity contribution in [1.29, 1.82) is 0 Å². The summed E-state index contributed by atoms with van der Waals surface area (Å²) in [6.07, 6.45) is 2.71. The molecule has 0 aromatic heterocycles. The topological polar surface area (TPSA) is 58.4 Å². The van der Waals surface area contributed by atoms with Gasteiger partial charge >= 0.3 is 0 Å². The molecule has 0 bridgehead atoms. The zero-order chi connectivity index (χ0) is 16.1. The molecule has 4 nitrogen and oxygen atoms in total. The van der Waals surface area contributed by atoms with Gasteiger partial charge in [0.15, 0.2) is 0 Å². The van der Waals surface area contributed by atoms with Gasteiger partial charge < -0.3 is 11.1 Å². The Bertz CT molecular complexity index is 511. The van der Waals surface area contributed by atoms with Gasteiger partial charge in [0, 0.05) is 31.1 Å². The number of rotatable bonds is 6. The largest absolute Gasteiger partial charge is 0.352 e. The third-order valence-corrected chi connectivity index (χ3v) is 4.62.